The van der Waals surface area contributed by atoms with E-state index in [1.165, 1.54) is 34.1 Å². The molecule has 0 spiro atoms. The van der Waals surface area contributed by atoms with Crippen molar-refractivity contribution >= 4 is 34.6 Å². The minimum atomic E-state index is -2.06. The Morgan fingerprint density at radius 2 is 1.60 bits per heavy atom. The van der Waals surface area contributed by atoms with Crippen LogP contribution in [0, 0.1) is 23.7 Å². The molecule has 20 heteroatoms. The minimum Gasteiger partial charge on any atom is -0.477 e. The van der Waals surface area contributed by atoms with E-state index in [1.54, 1.807) is 52.2 Å². The first-order valence-corrected chi connectivity index (χ1v) is 26.7. The SMILES string of the molecule is CC[C@H]1OC(=O)[C@H](C)[C@@H](O[C@H]2C[C@@](C)(OC)[C@@H](OC(=O)CCNCCCc3ccc4c(c3)c(=O)c(C(=O)O)cn4CC)[C@H](C)O2)[C@H](C)[C@@H](O[C@@H]2O[C@H](C)C[C@H](N(C)C)[C@H]2O)[C@](C)(O)C[C@@H](C)C(=O)[C@H](C)[C@@H](O)[C@]1(C)O. The molecule has 20 nitrogen and oxygen atoms in total. The number of methoxy groups -OCH3 is 1. The van der Waals surface area contributed by atoms with E-state index in [0.717, 1.165) is 5.56 Å². The number of ether oxygens (including phenoxy) is 7. The first kappa shape index (κ1) is 61.9. The monoisotopic (exact) mass is 1060 g/mol. The van der Waals surface area contributed by atoms with Crippen molar-refractivity contribution in [1.82, 2.24) is 14.8 Å². The Morgan fingerprint density at radius 1 is 0.920 bits per heavy atom. The molecule has 18 atom stereocenters. The summed E-state index contributed by atoms with van der Waals surface area (Å²) >= 11 is 0. The molecule has 6 N–H and O–H groups in total. The van der Waals surface area contributed by atoms with Gasteiger partial charge < -0.3 is 73.5 Å². The summed E-state index contributed by atoms with van der Waals surface area (Å²) in [5, 5.41) is 60.8. The van der Waals surface area contributed by atoms with Gasteiger partial charge in [-0.3, -0.25) is 19.2 Å². The number of nitrogens with zero attached hydrogens (tertiary/aromatic N) is 2. The number of aromatic nitrogens is 1. The lowest BCUT2D eigenvalue weighted by Gasteiger charge is -2.49. The van der Waals surface area contributed by atoms with Crippen molar-refractivity contribution in [2.75, 3.05) is 34.3 Å². The molecule has 5 rings (SSSR count). The van der Waals surface area contributed by atoms with E-state index in [9.17, 15) is 49.5 Å². The quantitative estimate of drug-likeness (QED) is 0.0966. The molecule has 3 saturated heterocycles. The molecule has 424 valence electrons. The van der Waals surface area contributed by atoms with Crippen molar-refractivity contribution in [3.63, 3.8) is 0 Å². The van der Waals surface area contributed by atoms with Crippen LogP contribution >= 0.6 is 0 Å². The van der Waals surface area contributed by atoms with E-state index >= 15 is 0 Å². The van der Waals surface area contributed by atoms with Gasteiger partial charge in [0, 0.05) is 62.0 Å². The number of likely N-dealkylation sites (N-methyl/N-ethyl adjacent to an activating group) is 1. The number of aromatic carboxylic acids is 1. The van der Waals surface area contributed by atoms with Crippen LogP contribution in [0.4, 0.5) is 0 Å². The van der Waals surface area contributed by atoms with Crippen molar-refractivity contribution < 1.29 is 77.9 Å². The zero-order valence-electron chi connectivity index (χ0n) is 46.6. The highest BCUT2D eigenvalue weighted by molar-refractivity contribution is 5.92. The fourth-order valence-corrected chi connectivity index (χ4v) is 11.6. The summed E-state index contributed by atoms with van der Waals surface area (Å²) in [5.41, 5.74) is -4.37. The number of carbonyl (C=O) groups excluding carboxylic acids is 3. The van der Waals surface area contributed by atoms with E-state index in [4.69, 9.17) is 33.2 Å². The molecule has 0 saturated carbocycles. The molecule has 4 heterocycles. The van der Waals surface area contributed by atoms with Gasteiger partial charge in [-0.15, -0.1) is 0 Å². The zero-order valence-corrected chi connectivity index (χ0v) is 46.6. The Labute approximate surface area is 441 Å². The largest absolute Gasteiger partial charge is 0.477 e. The molecule has 75 heavy (non-hydrogen) atoms. The average Bonchev–Trinajstić information content (AvgIpc) is 3.35. The smallest absolute Gasteiger partial charge is 0.341 e. The van der Waals surface area contributed by atoms with Crippen LogP contribution in [0.15, 0.2) is 29.2 Å². The predicted molar refractivity (Wildman–Crippen MR) is 277 cm³/mol. The number of carboxylic acid groups (broad SMARTS) is 1. The summed E-state index contributed by atoms with van der Waals surface area (Å²) in [5.74, 6) is -7.12. The van der Waals surface area contributed by atoms with Crippen molar-refractivity contribution in [3.8, 4) is 0 Å². The maximum atomic E-state index is 14.5. The van der Waals surface area contributed by atoms with Crippen LogP contribution in [0.1, 0.15) is 131 Å². The number of benzene rings is 1. The van der Waals surface area contributed by atoms with Crippen LogP contribution < -0.4 is 10.7 Å². The number of pyridine rings is 1. The molecule has 0 amide bonds. The summed E-state index contributed by atoms with van der Waals surface area (Å²) in [6, 6.07) is 5.11. The van der Waals surface area contributed by atoms with Gasteiger partial charge in [0.25, 0.3) is 0 Å². The molecule has 2 aromatic rings. The summed E-state index contributed by atoms with van der Waals surface area (Å²) in [6.45, 7) is 19.5. The number of fused-ring (bicyclic) bond motifs is 1. The summed E-state index contributed by atoms with van der Waals surface area (Å²) < 4.78 is 46.1. The van der Waals surface area contributed by atoms with E-state index in [1.807, 2.05) is 45.0 Å². The highest BCUT2D eigenvalue weighted by atomic mass is 16.7. The number of ketones is 1. The van der Waals surface area contributed by atoms with E-state index < -0.39 is 125 Å². The van der Waals surface area contributed by atoms with Gasteiger partial charge in [-0.05, 0) is 119 Å². The Hall–Kier alpha value is -3.93. The molecule has 0 radical (unpaired) electrons. The summed E-state index contributed by atoms with van der Waals surface area (Å²) in [7, 11) is 5.15. The van der Waals surface area contributed by atoms with E-state index in [0.29, 0.717) is 49.8 Å². The van der Waals surface area contributed by atoms with E-state index in [-0.39, 0.29) is 43.4 Å². The standard InChI is InChI=1S/C55H87N3O17/c1-15-40-55(11,68)47(63)31(5)43(60)29(3)26-53(9,67)48(75-52-45(62)39(57(12)13)24-30(4)70-52)32(6)46(33(7)51(66)72-40)74-42-27-54(10,69-14)49(34(8)71-42)73-41(59)21-23-56-22-17-18-35-19-20-38-36(25-35)44(61)37(50(64)65)28-58(38)16-2/h19-20,25,28-34,39-40,42,45-49,52,56,62-63,67-68H,15-18,21-24,26-27H2,1-14H3,(H,64,65)/t29-,30-,31+,32+,33-,34+,39+,40-,42+,45-,46+,47-,48-,49+,52+,53-,54-,55-/m1/s1. The third-order valence-corrected chi connectivity index (χ3v) is 16.1. The van der Waals surface area contributed by atoms with Crippen molar-refractivity contribution in [2.45, 2.75) is 212 Å². The van der Waals surface area contributed by atoms with Gasteiger partial charge in [-0.25, -0.2) is 4.79 Å². The number of aliphatic hydroxyl groups is 4. The molecular weight excluding hydrogens is 975 g/mol. The third kappa shape index (κ3) is 14.2. The van der Waals surface area contributed by atoms with Gasteiger partial charge in [-0.1, -0.05) is 33.8 Å². The van der Waals surface area contributed by atoms with Gasteiger partial charge in [-0.2, -0.15) is 0 Å². The Bertz CT molecular complexity index is 2340. The van der Waals surface area contributed by atoms with E-state index in [2.05, 4.69) is 5.32 Å². The fraction of sp³-hybridized carbons (Fsp3) is 0.764. The van der Waals surface area contributed by atoms with Crippen molar-refractivity contribution in [2.24, 2.45) is 23.7 Å². The highest BCUT2D eigenvalue weighted by Gasteiger charge is 2.54. The number of esters is 2. The van der Waals surface area contributed by atoms with Gasteiger partial charge in [0.1, 0.15) is 34.8 Å². The molecule has 1 aromatic heterocycles. The van der Waals surface area contributed by atoms with Crippen molar-refractivity contribution in [3.05, 3.63) is 45.7 Å². The summed E-state index contributed by atoms with van der Waals surface area (Å²) in [4.78, 5) is 68.5. The number of cyclic esters (lactones) is 1. The van der Waals surface area contributed by atoms with Gasteiger partial charge in [0.2, 0.25) is 5.43 Å². The number of Topliss-reactive ketones (excluding diaryl/α,β-unsaturated/α-hetero) is 1. The maximum absolute atomic E-state index is 14.5. The molecule has 3 aliphatic rings. The van der Waals surface area contributed by atoms with Gasteiger partial charge in [0.05, 0.1) is 54.0 Å². The van der Waals surface area contributed by atoms with Crippen LogP contribution in [0.3, 0.4) is 0 Å². The first-order valence-electron chi connectivity index (χ1n) is 26.7. The molecule has 0 unspecified atom stereocenters. The Kier molecular flexibility index (Phi) is 21.2. The average molecular weight is 1060 g/mol. The lowest BCUT2D eigenvalue weighted by Crippen LogP contribution is -2.61. The van der Waals surface area contributed by atoms with Crippen LogP contribution in [-0.4, -0.2) is 177 Å². The minimum absolute atomic E-state index is 0.00398. The predicted octanol–water partition coefficient (Wildman–Crippen LogP) is 3.98. The second-order valence-electron chi connectivity index (χ2n) is 22.4. The lowest BCUT2D eigenvalue weighted by molar-refractivity contribution is -0.318. The number of hydrogen-bond donors (Lipinski definition) is 6. The van der Waals surface area contributed by atoms with Crippen LogP contribution in [-0.2, 0) is 60.5 Å². The molecule has 3 fully saturated rings. The third-order valence-electron chi connectivity index (χ3n) is 16.1. The van der Waals surface area contributed by atoms with Crippen molar-refractivity contribution in [1.29, 1.82) is 0 Å². The van der Waals surface area contributed by atoms with Crippen LogP contribution in [0.2, 0.25) is 0 Å². The topological polar surface area (TPSA) is 271 Å². The number of aliphatic hydroxyl groups excluding tert-OH is 2. The van der Waals surface area contributed by atoms with Crippen LogP contribution in [0.5, 0.6) is 0 Å². The molecular formula is C55H87N3O17. The molecule has 0 aliphatic carbocycles. The molecule has 0 bridgehead atoms. The first-order chi connectivity index (χ1) is 35.0. The number of carboxylic acids is 1. The second-order valence-corrected chi connectivity index (χ2v) is 22.4. The second kappa shape index (κ2) is 25.7. The Balaban J connectivity index is 1.34. The number of hydrogen-bond acceptors (Lipinski definition) is 18. The number of nitrogens with one attached hydrogen (secondary N) is 1. The van der Waals surface area contributed by atoms with Gasteiger partial charge in [0.15, 0.2) is 18.7 Å². The lowest BCUT2D eigenvalue weighted by atomic mass is 9.74. The number of aryl methyl sites for hydroxylation is 2. The fourth-order valence-electron chi connectivity index (χ4n) is 11.6. The highest BCUT2D eigenvalue weighted by Crippen LogP contribution is 2.41. The number of carbonyl (C=O) groups is 4. The summed E-state index contributed by atoms with van der Waals surface area (Å²) in [6.07, 6.45) is -7.90. The molecule has 3 aliphatic heterocycles. The Morgan fingerprint density at radius 3 is 2.21 bits per heavy atom. The molecule has 1 aromatic carbocycles. The normalized spacial score (nSPS) is 37.5. The maximum Gasteiger partial charge on any atom is 0.341 e. The van der Waals surface area contributed by atoms with Crippen LogP contribution in [0.25, 0.3) is 10.9 Å². The number of rotatable bonds is 17. The van der Waals surface area contributed by atoms with Gasteiger partial charge >= 0.3 is 17.9 Å². The zero-order chi connectivity index (χ0) is 56.1.